The highest BCUT2D eigenvalue weighted by molar-refractivity contribution is 5.48. The Kier molecular flexibility index (Phi) is 8.29. The van der Waals surface area contributed by atoms with Crippen LogP contribution in [0.4, 0.5) is 0 Å². The SMILES string of the molecule is CCCCCCCN1CCN(CC=Cc2ccccc2)CC1. The number of rotatable bonds is 9. The number of hydrogen-bond acceptors (Lipinski definition) is 2. The second-order valence-electron chi connectivity index (χ2n) is 6.37. The van der Waals surface area contributed by atoms with Gasteiger partial charge in [0.2, 0.25) is 0 Å². The van der Waals surface area contributed by atoms with Crippen molar-refractivity contribution in [2.75, 3.05) is 39.3 Å². The van der Waals surface area contributed by atoms with E-state index < -0.39 is 0 Å². The Balaban J connectivity index is 1.56. The summed E-state index contributed by atoms with van der Waals surface area (Å²) in [5, 5.41) is 0. The zero-order valence-electron chi connectivity index (χ0n) is 14.2. The Hall–Kier alpha value is -1.12. The van der Waals surface area contributed by atoms with Gasteiger partial charge in [-0.05, 0) is 18.5 Å². The second-order valence-corrected chi connectivity index (χ2v) is 6.37. The minimum atomic E-state index is 1.08. The highest BCUT2D eigenvalue weighted by atomic mass is 15.3. The van der Waals surface area contributed by atoms with Gasteiger partial charge in [0.05, 0.1) is 0 Å². The van der Waals surface area contributed by atoms with Gasteiger partial charge in [-0.25, -0.2) is 0 Å². The van der Waals surface area contributed by atoms with Crippen LogP contribution in [0.1, 0.15) is 44.6 Å². The molecule has 0 saturated carbocycles. The molecule has 0 radical (unpaired) electrons. The van der Waals surface area contributed by atoms with Gasteiger partial charge in [-0.1, -0.05) is 75.1 Å². The molecule has 1 fully saturated rings. The summed E-state index contributed by atoms with van der Waals surface area (Å²) in [4.78, 5) is 5.20. The molecule has 22 heavy (non-hydrogen) atoms. The van der Waals surface area contributed by atoms with Crippen molar-refractivity contribution in [3.8, 4) is 0 Å². The van der Waals surface area contributed by atoms with Crippen molar-refractivity contribution >= 4 is 6.08 Å². The monoisotopic (exact) mass is 300 g/mol. The minimum Gasteiger partial charge on any atom is -0.301 e. The average Bonchev–Trinajstić information content (AvgIpc) is 2.57. The lowest BCUT2D eigenvalue weighted by atomic mass is 10.1. The molecule has 0 unspecified atom stereocenters. The maximum absolute atomic E-state index is 2.64. The van der Waals surface area contributed by atoms with Crippen LogP contribution >= 0.6 is 0 Å². The third-order valence-electron chi connectivity index (χ3n) is 4.52. The van der Waals surface area contributed by atoms with Crippen LogP contribution < -0.4 is 0 Å². The summed E-state index contributed by atoms with van der Waals surface area (Å²) in [6.07, 6.45) is 11.5. The fraction of sp³-hybridized carbons (Fsp3) is 0.600. The third-order valence-corrected chi connectivity index (χ3v) is 4.52. The Morgan fingerprint density at radius 3 is 2.27 bits per heavy atom. The maximum Gasteiger partial charge on any atom is 0.0167 e. The van der Waals surface area contributed by atoms with Crippen molar-refractivity contribution in [1.29, 1.82) is 0 Å². The Labute approximate surface area is 136 Å². The van der Waals surface area contributed by atoms with E-state index in [4.69, 9.17) is 0 Å². The molecule has 0 aliphatic carbocycles. The van der Waals surface area contributed by atoms with Crippen LogP contribution in [0.5, 0.6) is 0 Å². The van der Waals surface area contributed by atoms with Gasteiger partial charge in [-0.15, -0.1) is 0 Å². The number of nitrogens with zero attached hydrogens (tertiary/aromatic N) is 2. The highest BCUT2D eigenvalue weighted by Gasteiger charge is 2.14. The first-order valence-electron chi connectivity index (χ1n) is 9.05. The number of benzene rings is 1. The number of unbranched alkanes of at least 4 members (excludes halogenated alkanes) is 4. The lowest BCUT2D eigenvalue weighted by Gasteiger charge is -2.34. The van der Waals surface area contributed by atoms with E-state index in [1.54, 1.807) is 0 Å². The predicted molar refractivity (Wildman–Crippen MR) is 97.1 cm³/mol. The summed E-state index contributed by atoms with van der Waals surface area (Å²) in [6.45, 7) is 9.59. The fourth-order valence-corrected chi connectivity index (χ4v) is 3.04. The van der Waals surface area contributed by atoms with E-state index in [0.717, 1.165) is 6.54 Å². The van der Waals surface area contributed by atoms with Gasteiger partial charge in [-0.2, -0.15) is 0 Å². The third kappa shape index (κ3) is 6.76. The van der Waals surface area contributed by atoms with E-state index in [9.17, 15) is 0 Å². The topological polar surface area (TPSA) is 6.48 Å². The molecule has 2 rings (SSSR count). The molecule has 2 heteroatoms. The summed E-state index contributed by atoms with van der Waals surface area (Å²) in [5.74, 6) is 0. The lowest BCUT2D eigenvalue weighted by molar-refractivity contribution is 0.140. The Bertz CT molecular complexity index is 405. The van der Waals surface area contributed by atoms with E-state index in [-0.39, 0.29) is 0 Å². The molecule has 1 aromatic rings. The normalized spacial score (nSPS) is 17.3. The van der Waals surface area contributed by atoms with Gasteiger partial charge >= 0.3 is 0 Å². The second kappa shape index (κ2) is 10.6. The van der Waals surface area contributed by atoms with E-state index in [2.05, 4.69) is 59.2 Å². The fourth-order valence-electron chi connectivity index (χ4n) is 3.04. The van der Waals surface area contributed by atoms with Gasteiger partial charge < -0.3 is 4.90 Å². The van der Waals surface area contributed by atoms with Crippen molar-refractivity contribution in [1.82, 2.24) is 9.80 Å². The first-order chi connectivity index (χ1) is 10.9. The quantitative estimate of drug-likeness (QED) is 0.628. The van der Waals surface area contributed by atoms with Crippen molar-refractivity contribution in [3.05, 3.63) is 42.0 Å². The molecule has 0 aromatic heterocycles. The molecule has 1 saturated heterocycles. The predicted octanol–water partition coefficient (Wildman–Crippen LogP) is 4.29. The molecule has 122 valence electrons. The van der Waals surface area contributed by atoms with Crippen LogP contribution in [0.3, 0.4) is 0 Å². The van der Waals surface area contributed by atoms with E-state index >= 15 is 0 Å². The molecule has 0 amide bonds. The zero-order valence-corrected chi connectivity index (χ0v) is 14.2. The zero-order chi connectivity index (χ0) is 15.5. The van der Waals surface area contributed by atoms with Gasteiger partial charge in [0.15, 0.2) is 0 Å². The maximum atomic E-state index is 2.64. The number of piperazine rings is 1. The molecular formula is C20H32N2. The molecule has 1 aromatic carbocycles. The van der Waals surface area contributed by atoms with Gasteiger partial charge in [0, 0.05) is 32.7 Å². The van der Waals surface area contributed by atoms with Crippen LogP contribution in [-0.2, 0) is 0 Å². The van der Waals surface area contributed by atoms with Crippen LogP contribution in [0.25, 0.3) is 6.08 Å². The van der Waals surface area contributed by atoms with Crippen molar-refractivity contribution in [2.45, 2.75) is 39.0 Å². The molecule has 0 spiro atoms. The molecule has 0 bridgehead atoms. The van der Waals surface area contributed by atoms with Crippen LogP contribution in [0.15, 0.2) is 36.4 Å². The van der Waals surface area contributed by atoms with E-state index in [1.807, 2.05) is 0 Å². The largest absolute Gasteiger partial charge is 0.301 e. The molecule has 0 N–H and O–H groups in total. The standard InChI is InChI=1S/C20H32N2/c1-2-3-4-5-9-14-21-16-18-22(19-17-21)15-10-13-20-11-7-6-8-12-20/h6-8,10-13H,2-5,9,14-19H2,1H3. The molecule has 1 aliphatic rings. The Morgan fingerprint density at radius 1 is 0.864 bits per heavy atom. The highest BCUT2D eigenvalue weighted by Crippen LogP contribution is 2.07. The van der Waals surface area contributed by atoms with Crippen molar-refractivity contribution < 1.29 is 0 Å². The lowest BCUT2D eigenvalue weighted by Crippen LogP contribution is -2.46. The molecule has 0 atom stereocenters. The first-order valence-corrected chi connectivity index (χ1v) is 9.05. The number of hydrogen-bond donors (Lipinski definition) is 0. The van der Waals surface area contributed by atoms with Crippen LogP contribution in [-0.4, -0.2) is 49.1 Å². The van der Waals surface area contributed by atoms with Crippen molar-refractivity contribution in [2.24, 2.45) is 0 Å². The first kappa shape index (κ1) is 17.2. The van der Waals surface area contributed by atoms with Crippen LogP contribution in [0.2, 0.25) is 0 Å². The van der Waals surface area contributed by atoms with Crippen molar-refractivity contribution in [3.63, 3.8) is 0 Å². The van der Waals surface area contributed by atoms with E-state index in [1.165, 1.54) is 70.4 Å². The molecule has 1 heterocycles. The van der Waals surface area contributed by atoms with Gasteiger partial charge in [-0.3, -0.25) is 4.90 Å². The summed E-state index contributed by atoms with van der Waals surface area (Å²) in [5.41, 5.74) is 1.30. The molecular weight excluding hydrogens is 268 g/mol. The summed E-state index contributed by atoms with van der Waals surface area (Å²) < 4.78 is 0. The smallest absolute Gasteiger partial charge is 0.0167 e. The summed E-state index contributed by atoms with van der Waals surface area (Å²) in [6, 6.07) is 10.6. The van der Waals surface area contributed by atoms with Crippen LogP contribution in [0, 0.1) is 0 Å². The molecule has 1 aliphatic heterocycles. The van der Waals surface area contributed by atoms with Gasteiger partial charge in [0.1, 0.15) is 0 Å². The average molecular weight is 300 g/mol. The Morgan fingerprint density at radius 2 is 1.55 bits per heavy atom. The summed E-state index contributed by atoms with van der Waals surface area (Å²) in [7, 11) is 0. The molecule has 2 nitrogen and oxygen atoms in total. The van der Waals surface area contributed by atoms with E-state index in [0.29, 0.717) is 0 Å². The van der Waals surface area contributed by atoms with Gasteiger partial charge in [0.25, 0.3) is 0 Å². The minimum absolute atomic E-state index is 1.08. The summed E-state index contributed by atoms with van der Waals surface area (Å²) >= 11 is 0.